The predicted octanol–water partition coefficient (Wildman–Crippen LogP) is 4.42. The summed E-state index contributed by atoms with van der Waals surface area (Å²) in [5, 5.41) is 6.80. The van der Waals surface area contributed by atoms with Crippen molar-refractivity contribution >= 4 is 35.0 Å². The van der Waals surface area contributed by atoms with E-state index in [1.54, 1.807) is 29.2 Å². The van der Waals surface area contributed by atoms with Gasteiger partial charge in [-0.2, -0.15) is 0 Å². The number of carbonyl (C=O) groups is 3. The number of likely N-dealkylation sites (tertiary alicyclic amines) is 1. The van der Waals surface area contributed by atoms with Gasteiger partial charge in [0.1, 0.15) is 11.6 Å². The van der Waals surface area contributed by atoms with E-state index >= 15 is 0 Å². The zero-order valence-corrected chi connectivity index (χ0v) is 22.8. The molecule has 2 N–H and O–H groups in total. The predicted molar refractivity (Wildman–Crippen MR) is 143 cm³/mol. The average molecular weight is 528 g/mol. The van der Waals surface area contributed by atoms with E-state index in [2.05, 4.69) is 38.3 Å². The fourth-order valence-electron chi connectivity index (χ4n) is 6.71. The lowest BCUT2D eigenvalue weighted by Crippen LogP contribution is -2.58. The largest absolute Gasteiger partial charge is 0.359 e. The highest BCUT2D eigenvalue weighted by molar-refractivity contribution is 6.30. The van der Waals surface area contributed by atoms with E-state index in [-0.39, 0.29) is 23.8 Å². The highest BCUT2D eigenvalue weighted by Gasteiger charge is 2.72. The molecule has 3 heterocycles. The minimum Gasteiger partial charge on any atom is -0.359 e. The lowest BCUT2D eigenvalue weighted by molar-refractivity contribution is -0.141. The molecular formula is C29H38ClN3O4. The Morgan fingerprint density at radius 2 is 1.89 bits per heavy atom. The topological polar surface area (TPSA) is 87.7 Å². The van der Waals surface area contributed by atoms with Crippen molar-refractivity contribution in [2.24, 2.45) is 29.6 Å². The van der Waals surface area contributed by atoms with Crippen molar-refractivity contribution in [2.45, 2.75) is 77.2 Å². The number of amides is 3. The van der Waals surface area contributed by atoms with Crippen LogP contribution in [-0.4, -0.2) is 53.0 Å². The number of hydrogen-bond acceptors (Lipinski definition) is 4. The summed E-state index contributed by atoms with van der Waals surface area (Å²) in [4.78, 5) is 43.1. The van der Waals surface area contributed by atoms with Crippen molar-refractivity contribution in [1.29, 1.82) is 0 Å². The van der Waals surface area contributed by atoms with Crippen molar-refractivity contribution < 1.29 is 19.1 Å². The zero-order valence-electron chi connectivity index (χ0n) is 22.1. The SMILES string of the molecule is CC(C)CCN1C(=O)[C@H]2[C@H](C(=O)Nc3ccc(Cl)cc3)[C@H]3C=C[C@@]2(O3)[C@@H]1C(=O)N[C@@H]1CCC[C@@H](C)[C@H]1C. The first-order chi connectivity index (χ1) is 17.6. The molecule has 1 aromatic carbocycles. The Kier molecular flexibility index (Phi) is 7.14. The van der Waals surface area contributed by atoms with Gasteiger partial charge in [0.15, 0.2) is 0 Å². The highest BCUT2D eigenvalue weighted by atomic mass is 35.5. The highest BCUT2D eigenvalue weighted by Crippen LogP contribution is 2.55. The molecule has 37 heavy (non-hydrogen) atoms. The molecule has 1 spiro atoms. The van der Waals surface area contributed by atoms with Crippen LogP contribution < -0.4 is 10.6 Å². The summed E-state index contributed by atoms with van der Waals surface area (Å²) in [6, 6.07) is 6.15. The van der Waals surface area contributed by atoms with Gasteiger partial charge in [-0.1, -0.05) is 64.3 Å². The summed E-state index contributed by atoms with van der Waals surface area (Å²) in [6.07, 6.45) is 7.13. The maximum Gasteiger partial charge on any atom is 0.246 e. The van der Waals surface area contributed by atoms with E-state index in [9.17, 15) is 14.4 Å². The first-order valence-corrected chi connectivity index (χ1v) is 14.0. The van der Waals surface area contributed by atoms with Crippen LogP contribution in [0.5, 0.6) is 0 Å². The van der Waals surface area contributed by atoms with Crippen LogP contribution in [0.25, 0.3) is 0 Å². The number of anilines is 1. The van der Waals surface area contributed by atoms with Crippen LogP contribution in [0.1, 0.15) is 53.4 Å². The minimum atomic E-state index is -1.13. The van der Waals surface area contributed by atoms with Gasteiger partial charge in [0, 0.05) is 23.3 Å². The van der Waals surface area contributed by atoms with E-state index in [1.807, 2.05) is 12.2 Å². The Morgan fingerprint density at radius 1 is 1.16 bits per heavy atom. The summed E-state index contributed by atoms with van der Waals surface area (Å²) in [7, 11) is 0. The maximum absolute atomic E-state index is 14.0. The molecule has 8 heteroatoms. The van der Waals surface area contributed by atoms with Gasteiger partial charge in [-0.15, -0.1) is 0 Å². The molecule has 3 amide bonds. The molecule has 7 nitrogen and oxygen atoms in total. The Labute approximate surface area is 224 Å². The molecule has 5 rings (SSSR count). The number of benzene rings is 1. The third-order valence-corrected chi connectivity index (χ3v) is 9.27. The Balaban J connectivity index is 1.43. The number of fused-ring (bicyclic) bond motifs is 1. The van der Waals surface area contributed by atoms with E-state index in [4.69, 9.17) is 16.3 Å². The Morgan fingerprint density at radius 3 is 2.59 bits per heavy atom. The van der Waals surface area contributed by atoms with Crippen molar-refractivity contribution in [2.75, 3.05) is 11.9 Å². The number of nitrogens with one attached hydrogen (secondary N) is 2. The third kappa shape index (κ3) is 4.59. The molecule has 200 valence electrons. The number of hydrogen-bond donors (Lipinski definition) is 2. The second-order valence-electron chi connectivity index (χ2n) is 11.8. The lowest BCUT2D eigenvalue weighted by Gasteiger charge is -2.38. The van der Waals surface area contributed by atoms with Gasteiger partial charge in [0.2, 0.25) is 17.7 Å². The standard InChI is InChI=1S/C29H38ClN3O4/c1-16(2)13-15-33-25(27(35)32-21-7-5-6-17(3)18(21)4)29-14-12-22(37-29)23(24(29)28(33)36)26(34)31-20-10-8-19(30)9-11-20/h8-12,14,16-18,21-25H,5-7,13,15H2,1-4H3,(H,31,34)(H,32,35)/t17-,18-,21-,22-,23-,24-,25+,29+/m1/s1. The summed E-state index contributed by atoms with van der Waals surface area (Å²) in [6.45, 7) is 9.09. The van der Waals surface area contributed by atoms with Crippen LogP contribution in [0.3, 0.4) is 0 Å². The maximum atomic E-state index is 14.0. The van der Waals surface area contributed by atoms with Crippen molar-refractivity contribution in [3.05, 3.63) is 41.4 Å². The summed E-state index contributed by atoms with van der Waals surface area (Å²) in [5.74, 6) is -0.805. The minimum absolute atomic E-state index is 0.0698. The van der Waals surface area contributed by atoms with Crippen LogP contribution in [0.15, 0.2) is 36.4 Å². The molecule has 0 radical (unpaired) electrons. The molecule has 3 fully saturated rings. The van der Waals surface area contributed by atoms with Gasteiger partial charge in [-0.05, 0) is 54.9 Å². The number of nitrogens with zero attached hydrogens (tertiary/aromatic N) is 1. The van der Waals surface area contributed by atoms with Crippen LogP contribution >= 0.6 is 11.6 Å². The van der Waals surface area contributed by atoms with Gasteiger partial charge in [-0.25, -0.2) is 0 Å². The molecule has 1 saturated carbocycles. The van der Waals surface area contributed by atoms with Crippen LogP contribution in [0.2, 0.25) is 5.02 Å². The lowest BCUT2D eigenvalue weighted by atomic mass is 9.73. The molecular weight excluding hydrogens is 490 g/mol. The molecule has 2 saturated heterocycles. The molecule has 1 aromatic rings. The van der Waals surface area contributed by atoms with Crippen molar-refractivity contribution in [3.8, 4) is 0 Å². The summed E-state index contributed by atoms with van der Waals surface area (Å²) < 4.78 is 6.44. The summed E-state index contributed by atoms with van der Waals surface area (Å²) >= 11 is 5.99. The first kappa shape index (κ1) is 26.2. The van der Waals surface area contributed by atoms with Gasteiger partial charge in [0.05, 0.1) is 17.9 Å². The molecule has 1 aliphatic carbocycles. The second-order valence-corrected chi connectivity index (χ2v) is 12.2. The van der Waals surface area contributed by atoms with E-state index in [0.717, 1.165) is 19.3 Å². The fraction of sp³-hybridized carbons (Fsp3) is 0.621. The monoisotopic (exact) mass is 527 g/mol. The van der Waals surface area contributed by atoms with Crippen LogP contribution in [-0.2, 0) is 19.1 Å². The van der Waals surface area contributed by atoms with Gasteiger partial charge in [-0.3, -0.25) is 14.4 Å². The van der Waals surface area contributed by atoms with Crippen molar-refractivity contribution in [1.82, 2.24) is 10.2 Å². The second kappa shape index (κ2) is 10.1. The number of carbonyl (C=O) groups excluding carboxylic acids is 3. The van der Waals surface area contributed by atoms with Gasteiger partial charge < -0.3 is 20.3 Å². The van der Waals surface area contributed by atoms with E-state index < -0.39 is 29.6 Å². The third-order valence-electron chi connectivity index (χ3n) is 9.02. The fourth-order valence-corrected chi connectivity index (χ4v) is 6.84. The van der Waals surface area contributed by atoms with Crippen LogP contribution in [0, 0.1) is 29.6 Å². The molecule has 0 unspecified atom stereocenters. The Bertz CT molecular complexity index is 1090. The quantitative estimate of drug-likeness (QED) is 0.514. The smallest absolute Gasteiger partial charge is 0.246 e. The normalized spacial score (nSPS) is 36.2. The summed E-state index contributed by atoms with van der Waals surface area (Å²) in [5.41, 5.74) is -0.527. The number of halogens is 1. The zero-order chi connectivity index (χ0) is 26.5. The molecule has 3 aliphatic heterocycles. The molecule has 8 atom stereocenters. The average Bonchev–Trinajstić information content (AvgIpc) is 3.49. The molecule has 0 aromatic heterocycles. The molecule has 4 aliphatic rings. The van der Waals surface area contributed by atoms with E-state index in [0.29, 0.717) is 35.0 Å². The van der Waals surface area contributed by atoms with Gasteiger partial charge >= 0.3 is 0 Å². The van der Waals surface area contributed by atoms with Crippen LogP contribution in [0.4, 0.5) is 5.69 Å². The first-order valence-electron chi connectivity index (χ1n) is 13.7. The number of ether oxygens (including phenoxy) is 1. The number of rotatable bonds is 7. The Hall–Kier alpha value is -2.38. The van der Waals surface area contributed by atoms with Gasteiger partial charge in [0.25, 0.3) is 0 Å². The van der Waals surface area contributed by atoms with Crippen molar-refractivity contribution in [3.63, 3.8) is 0 Å². The molecule has 2 bridgehead atoms. The van der Waals surface area contributed by atoms with E-state index in [1.165, 1.54) is 6.42 Å².